The fourth-order valence-corrected chi connectivity index (χ4v) is 3.18. The Hall–Kier alpha value is -2.31. The van der Waals surface area contributed by atoms with Gasteiger partial charge in [-0.3, -0.25) is 9.78 Å². The molecule has 1 aromatic heterocycles. The average molecular weight is 357 g/mol. The summed E-state index contributed by atoms with van der Waals surface area (Å²) in [6.07, 6.45) is 2.28. The summed E-state index contributed by atoms with van der Waals surface area (Å²) in [7, 11) is 1.71. The van der Waals surface area contributed by atoms with E-state index in [-0.39, 0.29) is 11.7 Å². The van der Waals surface area contributed by atoms with Gasteiger partial charge < -0.3 is 15.0 Å². The van der Waals surface area contributed by atoms with Gasteiger partial charge in [0.15, 0.2) is 0 Å². The summed E-state index contributed by atoms with van der Waals surface area (Å²) in [5.41, 5.74) is 2.15. The van der Waals surface area contributed by atoms with E-state index in [2.05, 4.69) is 15.2 Å². The molecular weight excluding hydrogens is 333 g/mol. The van der Waals surface area contributed by atoms with Crippen LogP contribution in [0.1, 0.15) is 16.8 Å². The van der Waals surface area contributed by atoms with Crippen LogP contribution in [0.2, 0.25) is 0 Å². The number of hydrogen-bond acceptors (Lipinski definition) is 4. The van der Waals surface area contributed by atoms with Crippen LogP contribution in [0.25, 0.3) is 11.3 Å². The molecule has 0 radical (unpaired) electrons. The van der Waals surface area contributed by atoms with Gasteiger partial charge in [0, 0.05) is 37.9 Å². The lowest BCUT2D eigenvalue weighted by molar-refractivity contribution is 0.0946. The first kappa shape index (κ1) is 18.5. The zero-order valence-corrected chi connectivity index (χ0v) is 15.0. The number of halogens is 1. The van der Waals surface area contributed by atoms with Gasteiger partial charge in [0.1, 0.15) is 5.82 Å². The van der Waals surface area contributed by atoms with E-state index in [0.717, 1.165) is 38.2 Å². The molecule has 1 aromatic carbocycles. The van der Waals surface area contributed by atoms with E-state index in [4.69, 9.17) is 4.74 Å². The predicted molar refractivity (Wildman–Crippen MR) is 98.4 cm³/mol. The molecule has 1 atom stereocenters. The third-order valence-electron chi connectivity index (χ3n) is 4.70. The summed E-state index contributed by atoms with van der Waals surface area (Å²) in [4.78, 5) is 18.8. The minimum Gasteiger partial charge on any atom is -0.383 e. The molecule has 2 aromatic rings. The quantitative estimate of drug-likeness (QED) is 0.828. The lowest BCUT2D eigenvalue weighted by Gasteiger charge is -2.15. The van der Waals surface area contributed by atoms with E-state index in [1.807, 2.05) is 12.1 Å². The van der Waals surface area contributed by atoms with Gasteiger partial charge in [-0.1, -0.05) is 12.1 Å². The Bertz CT molecular complexity index is 719. The second-order valence-corrected chi connectivity index (χ2v) is 6.60. The first-order valence-corrected chi connectivity index (χ1v) is 8.87. The highest BCUT2D eigenvalue weighted by Crippen LogP contribution is 2.18. The minimum absolute atomic E-state index is 0.0704. The third kappa shape index (κ3) is 4.86. The van der Waals surface area contributed by atoms with Crippen molar-refractivity contribution in [2.75, 3.05) is 39.9 Å². The normalized spacial score (nSPS) is 17.4. The van der Waals surface area contributed by atoms with Crippen molar-refractivity contribution in [3.05, 3.63) is 54.0 Å². The number of methoxy groups -OCH3 is 1. The molecule has 0 saturated carbocycles. The number of amides is 1. The fourth-order valence-electron chi connectivity index (χ4n) is 3.18. The molecule has 1 saturated heterocycles. The van der Waals surface area contributed by atoms with E-state index in [1.165, 1.54) is 12.3 Å². The smallest absolute Gasteiger partial charge is 0.251 e. The predicted octanol–water partition coefficient (Wildman–Crippen LogP) is 2.59. The number of rotatable bonds is 7. The molecule has 26 heavy (non-hydrogen) atoms. The Morgan fingerprint density at radius 1 is 1.31 bits per heavy atom. The Balaban J connectivity index is 1.50. The number of pyridine rings is 1. The third-order valence-corrected chi connectivity index (χ3v) is 4.70. The molecule has 138 valence electrons. The number of nitrogens with zero attached hydrogens (tertiary/aromatic N) is 2. The molecule has 1 aliphatic heterocycles. The van der Waals surface area contributed by atoms with Crippen LogP contribution in [0.15, 0.2) is 42.6 Å². The summed E-state index contributed by atoms with van der Waals surface area (Å²) in [6, 6.07) is 10.2. The van der Waals surface area contributed by atoms with Crippen molar-refractivity contribution in [2.45, 2.75) is 6.42 Å². The molecule has 6 heteroatoms. The van der Waals surface area contributed by atoms with Crippen molar-refractivity contribution in [2.24, 2.45) is 5.92 Å². The maximum absolute atomic E-state index is 12.9. The highest BCUT2D eigenvalue weighted by atomic mass is 19.1. The lowest BCUT2D eigenvalue weighted by atomic mass is 10.1. The van der Waals surface area contributed by atoms with Crippen molar-refractivity contribution in [1.29, 1.82) is 0 Å². The molecule has 1 amide bonds. The van der Waals surface area contributed by atoms with E-state index < -0.39 is 0 Å². The average Bonchev–Trinajstić information content (AvgIpc) is 3.13. The Labute approximate surface area is 153 Å². The molecule has 1 fully saturated rings. The highest BCUT2D eigenvalue weighted by Gasteiger charge is 2.22. The second-order valence-electron chi connectivity index (χ2n) is 6.60. The first-order valence-electron chi connectivity index (χ1n) is 8.87. The van der Waals surface area contributed by atoms with Crippen molar-refractivity contribution >= 4 is 5.91 Å². The van der Waals surface area contributed by atoms with Gasteiger partial charge in [-0.15, -0.1) is 0 Å². The van der Waals surface area contributed by atoms with Crippen LogP contribution >= 0.6 is 0 Å². The molecule has 3 rings (SSSR count). The van der Waals surface area contributed by atoms with Crippen molar-refractivity contribution in [3.8, 4) is 11.3 Å². The summed E-state index contributed by atoms with van der Waals surface area (Å²) < 4.78 is 18.1. The van der Waals surface area contributed by atoms with Crippen LogP contribution in [0.4, 0.5) is 4.39 Å². The van der Waals surface area contributed by atoms with Gasteiger partial charge in [-0.25, -0.2) is 4.39 Å². The number of carbonyl (C=O) groups excluding carboxylic acids is 1. The number of carbonyl (C=O) groups is 1. The molecule has 0 unspecified atom stereocenters. The number of ether oxygens (including phenoxy) is 1. The molecule has 1 N–H and O–H groups in total. The molecule has 1 aliphatic rings. The van der Waals surface area contributed by atoms with Crippen molar-refractivity contribution in [3.63, 3.8) is 0 Å². The topological polar surface area (TPSA) is 54.5 Å². The number of nitrogens with one attached hydrogen (secondary N) is 1. The monoisotopic (exact) mass is 357 g/mol. The molecule has 0 spiro atoms. The fraction of sp³-hybridized carbons (Fsp3) is 0.400. The summed E-state index contributed by atoms with van der Waals surface area (Å²) in [5.74, 6) is 0.0508. The van der Waals surface area contributed by atoms with Crippen molar-refractivity contribution in [1.82, 2.24) is 15.2 Å². The zero-order chi connectivity index (χ0) is 18.4. The zero-order valence-electron chi connectivity index (χ0n) is 15.0. The van der Waals surface area contributed by atoms with Gasteiger partial charge in [-0.05, 0) is 43.1 Å². The van der Waals surface area contributed by atoms with Gasteiger partial charge in [0.25, 0.3) is 5.91 Å². The number of benzene rings is 1. The summed E-state index contributed by atoms with van der Waals surface area (Å²) in [5, 5.41) is 3.02. The molecule has 0 bridgehead atoms. The van der Waals surface area contributed by atoms with E-state index in [0.29, 0.717) is 23.7 Å². The minimum atomic E-state index is -0.363. The van der Waals surface area contributed by atoms with Crippen LogP contribution in [0.5, 0.6) is 0 Å². The summed E-state index contributed by atoms with van der Waals surface area (Å²) in [6.45, 7) is 4.43. The van der Waals surface area contributed by atoms with Gasteiger partial charge in [0.05, 0.1) is 18.5 Å². The number of likely N-dealkylation sites (tertiary alicyclic amines) is 1. The Kier molecular flexibility index (Phi) is 6.30. The largest absolute Gasteiger partial charge is 0.383 e. The number of hydrogen-bond donors (Lipinski definition) is 1. The lowest BCUT2D eigenvalue weighted by Crippen LogP contribution is -2.31. The van der Waals surface area contributed by atoms with Gasteiger partial charge in [-0.2, -0.15) is 0 Å². The van der Waals surface area contributed by atoms with Crippen LogP contribution in [-0.4, -0.2) is 55.7 Å². The first-order chi connectivity index (χ1) is 12.7. The van der Waals surface area contributed by atoms with Crippen LogP contribution < -0.4 is 5.32 Å². The van der Waals surface area contributed by atoms with Crippen LogP contribution in [-0.2, 0) is 4.74 Å². The molecule has 0 aliphatic carbocycles. The molecule has 2 heterocycles. The summed E-state index contributed by atoms with van der Waals surface area (Å²) >= 11 is 0. The van der Waals surface area contributed by atoms with E-state index >= 15 is 0 Å². The van der Waals surface area contributed by atoms with Crippen LogP contribution in [0.3, 0.4) is 0 Å². The van der Waals surface area contributed by atoms with E-state index in [9.17, 15) is 9.18 Å². The van der Waals surface area contributed by atoms with Gasteiger partial charge in [0.2, 0.25) is 0 Å². The van der Waals surface area contributed by atoms with Crippen molar-refractivity contribution < 1.29 is 13.9 Å². The standard InChI is InChI=1S/C20H24FN3O2/c1-26-11-10-24-9-8-15(14-24)12-23-20(25)17-4-2-16(3-5-17)19-7-6-18(21)13-22-19/h2-7,13,15H,8-12,14H2,1H3,(H,23,25)/t15-/m0/s1. The Morgan fingerprint density at radius 3 is 2.81 bits per heavy atom. The van der Waals surface area contributed by atoms with Crippen LogP contribution in [0, 0.1) is 11.7 Å². The molecule has 5 nitrogen and oxygen atoms in total. The highest BCUT2D eigenvalue weighted by molar-refractivity contribution is 5.94. The second kappa shape index (κ2) is 8.87. The van der Waals surface area contributed by atoms with E-state index in [1.54, 1.807) is 25.3 Å². The number of aromatic nitrogens is 1. The maximum atomic E-state index is 12.9. The Morgan fingerprint density at radius 2 is 2.12 bits per heavy atom. The maximum Gasteiger partial charge on any atom is 0.251 e. The van der Waals surface area contributed by atoms with Gasteiger partial charge >= 0.3 is 0 Å². The molecular formula is C20H24FN3O2. The SMILES string of the molecule is COCCN1CC[C@@H](CNC(=O)c2ccc(-c3ccc(F)cn3)cc2)C1.